The highest BCUT2D eigenvalue weighted by molar-refractivity contribution is 6.27. The average Bonchev–Trinajstić information content (AvgIpc) is 3.26. The van der Waals surface area contributed by atoms with Crippen LogP contribution in [0.25, 0.3) is 0 Å². The van der Waals surface area contributed by atoms with Crippen LogP contribution in [0.3, 0.4) is 0 Å². The number of hydrogen-bond donors (Lipinski definition) is 4. The van der Waals surface area contributed by atoms with Crippen molar-refractivity contribution >= 4 is 24.1 Å². The van der Waals surface area contributed by atoms with Crippen LogP contribution in [0.15, 0.2) is 0 Å². The number of carbonyl (C=O) groups is 4. The largest absolute Gasteiger partial charge is 0.473 e. The van der Waals surface area contributed by atoms with Crippen LogP contribution in [0.4, 0.5) is 9.59 Å². The number of nitrogens with two attached hydrogens (primary N) is 2. The number of carboxylic acid groups (broad SMARTS) is 2. The third-order valence-corrected chi connectivity index (χ3v) is 6.31. The maximum absolute atomic E-state index is 11.7. The topological polar surface area (TPSA) is 204 Å². The summed E-state index contributed by atoms with van der Waals surface area (Å²) in [5, 5.41) is 14.8. The van der Waals surface area contributed by atoms with Gasteiger partial charge in [-0.25, -0.2) is 19.2 Å². The van der Waals surface area contributed by atoms with Crippen molar-refractivity contribution in [2.24, 2.45) is 11.5 Å². The molecule has 4 rings (SSSR count). The number of likely N-dealkylation sites (tertiary alicyclic amines) is 2. The monoisotopic (exact) mass is 546 g/mol. The molecule has 14 nitrogen and oxygen atoms in total. The summed E-state index contributed by atoms with van der Waals surface area (Å²) in [4.78, 5) is 44.9. The molecule has 0 bridgehead atoms. The highest BCUT2D eigenvalue weighted by Crippen LogP contribution is 2.35. The van der Waals surface area contributed by atoms with Gasteiger partial charge in [0.1, 0.15) is 22.4 Å². The van der Waals surface area contributed by atoms with Gasteiger partial charge in [-0.05, 0) is 54.4 Å². The van der Waals surface area contributed by atoms with E-state index in [2.05, 4.69) is 0 Å². The fraction of sp³-hybridized carbons (Fsp3) is 0.833. The molecule has 218 valence electrons. The molecule has 38 heavy (non-hydrogen) atoms. The first-order chi connectivity index (χ1) is 17.3. The molecule has 4 aliphatic rings. The van der Waals surface area contributed by atoms with Crippen molar-refractivity contribution in [3.05, 3.63) is 0 Å². The van der Waals surface area contributed by atoms with Gasteiger partial charge in [0, 0.05) is 25.3 Å². The van der Waals surface area contributed by atoms with E-state index in [-0.39, 0.29) is 35.5 Å². The Morgan fingerprint density at radius 1 is 0.711 bits per heavy atom. The van der Waals surface area contributed by atoms with Crippen LogP contribution in [0.1, 0.15) is 54.4 Å². The number of carbonyl (C=O) groups excluding carboxylic acids is 2. The summed E-state index contributed by atoms with van der Waals surface area (Å²) in [5.41, 5.74) is 10.4. The molecule has 4 heterocycles. The van der Waals surface area contributed by atoms with E-state index in [0.717, 1.165) is 12.8 Å². The highest BCUT2D eigenvalue weighted by Gasteiger charge is 2.55. The van der Waals surface area contributed by atoms with Gasteiger partial charge >= 0.3 is 24.1 Å². The summed E-state index contributed by atoms with van der Waals surface area (Å²) in [6.07, 6.45) is 1.20. The second kappa shape index (κ2) is 11.6. The van der Waals surface area contributed by atoms with Crippen LogP contribution < -0.4 is 11.5 Å². The number of nitrogens with zero attached hydrogens (tertiary/aromatic N) is 2. The van der Waals surface area contributed by atoms with Gasteiger partial charge < -0.3 is 50.4 Å². The normalized spacial score (nSPS) is 24.7. The van der Waals surface area contributed by atoms with Gasteiger partial charge in [0.15, 0.2) is 0 Å². The van der Waals surface area contributed by atoms with E-state index >= 15 is 0 Å². The Labute approximate surface area is 222 Å². The maximum atomic E-state index is 11.7. The number of aliphatic carboxylic acids is 2. The highest BCUT2D eigenvalue weighted by atomic mass is 16.6. The molecule has 0 aromatic rings. The fourth-order valence-electron chi connectivity index (χ4n) is 4.28. The lowest BCUT2D eigenvalue weighted by molar-refractivity contribution is -0.159. The zero-order valence-electron chi connectivity index (χ0n) is 23.0. The van der Waals surface area contributed by atoms with Gasteiger partial charge in [-0.3, -0.25) is 0 Å². The molecule has 4 fully saturated rings. The van der Waals surface area contributed by atoms with Crippen LogP contribution in [0, 0.1) is 0 Å². The Kier molecular flexibility index (Phi) is 9.62. The van der Waals surface area contributed by atoms with Crippen molar-refractivity contribution in [2.75, 3.05) is 39.4 Å². The molecule has 0 aliphatic carbocycles. The zero-order valence-corrected chi connectivity index (χ0v) is 23.0. The molecular formula is C24H42N4O10. The molecule has 2 spiro atoms. The van der Waals surface area contributed by atoms with Gasteiger partial charge in [0.25, 0.3) is 0 Å². The summed E-state index contributed by atoms with van der Waals surface area (Å²) in [6, 6.07) is 0.0948. The molecule has 2 amide bonds. The number of carboxylic acids is 2. The number of ether oxygens (including phenoxy) is 4. The molecule has 0 aromatic heterocycles. The molecule has 0 aromatic carbocycles. The van der Waals surface area contributed by atoms with E-state index in [1.807, 2.05) is 41.5 Å². The van der Waals surface area contributed by atoms with Crippen LogP contribution in [-0.4, -0.2) is 118 Å². The van der Waals surface area contributed by atoms with E-state index in [0.29, 0.717) is 39.4 Å². The lowest BCUT2D eigenvalue weighted by atomic mass is 9.87. The Balaban J connectivity index is 0.000000221. The molecule has 0 saturated carbocycles. The van der Waals surface area contributed by atoms with Crippen molar-refractivity contribution in [1.82, 2.24) is 9.80 Å². The van der Waals surface area contributed by atoms with E-state index in [1.165, 1.54) is 0 Å². The Hall–Kier alpha value is -2.68. The summed E-state index contributed by atoms with van der Waals surface area (Å²) >= 11 is 0. The van der Waals surface area contributed by atoms with E-state index in [1.54, 1.807) is 9.80 Å². The smallest absolute Gasteiger partial charge is 0.414 e. The van der Waals surface area contributed by atoms with Crippen molar-refractivity contribution in [2.45, 2.75) is 88.9 Å². The van der Waals surface area contributed by atoms with Gasteiger partial charge in [-0.15, -0.1) is 0 Å². The lowest BCUT2D eigenvalue weighted by Crippen LogP contribution is -2.69. The van der Waals surface area contributed by atoms with Crippen molar-refractivity contribution in [3.63, 3.8) is 0 Å². The summed E-state index contributed by atoms with van der Waals surface area (Å²) in [5.74, 6) is -3.65. The number of amides is 2. The zero-order chi connectivity index (χ0) is 29.1. The summed E-state index contributed by atoms with van der Waals surface area (Å²) in [7, 11) is 0. The molecule has 4 aliphatic heterocycles. The van der Waals surface area contributed by atoms with Gasteiger partial charge in [-0.2, -0.15) is 0 Å². The number of rotatable bonds is 0. The Morgan fingerprint density at radius 3 is 1.18 bits per heavy atom. The fourth-order valence-corrected chi connectivity index (χ4v) is 4.28. The Morgan fingerprint density at radius 2 is 1.00 bits per heavy atom. The first kappa shape index (κ1) is 31.5. The second-order valence-corrected chi connectivity index (χ2v) is 11.9. The van der Waals surface area contributed by atoms with E-state index < -0.39 is 23.1 Å². The minimum atomic E-state index is -1.82. The minimum Gasteiger partial charge on any atom is -0.473 e. The van der Waals surface area contributed by atoms with Crippen LogP contribution >= 0.6 is 0 Å². The average molecular weight is 547 g/mol. The van der Waals surface area contributed by atoms with Crippen LogP contribution in [-0.2, 0) is 28.5 Å². The van der Waals surface area contributed by atoms with E-state index in [4.69, 9.17) is 50.2 Å². The molecule has 2 atom stereocenters. The maximum Gasteiger partial charge on any atom is 0.414 e. The molecule has 2 unspecified atom stereocenters. The standard InChI is InChI=1S/2C11H20N2O3.C2H2O4/c2*1-10(2,3)16-9(14)13-6-11(7-13)8(12)4-5-15-11;3-1(4)2(5)6/h2*8H,4-7,12H2,1-3H3;(H,3,4)(H,5,6). The van der Waals surface area contributed by atoms with Crippen molar-refractivity contribution in [1.29, 1.82) is 0 Å². The summed E-state index contributed by atoms with van der Waals surface area (Å²) < 4.78 is 21.8. The van der Waals surface area contributed by atoms with Crippen molar-refractivity contribution in [3.8, 4) is 0 Å². The molecule has 14 heteroatoms. The first-order valence-corrected chi connectivity index (χ1v) is 12.5. The van der Waals surface area contributed by atoms with Crippen LogP contribution in [0.5, 0.6) is 0 Å². The number of hydrogen-bond acceptors (Lipinski definition) is 10. The predicted molar refractivity (Wildman–Crippen MR) is 133 cm³/mol. The van der Waals surface area contributed by atoms with E-state index in [9.17, 15) is 9.59 Å². The third-order valence-electron chi connectivity index (χ3n) is 6.31. The predicted octanol–water partition coefficient (Wildman–Crippen LogP) is 0.603. The molecule has 6 N–H and O–H groups in total. The molecular weight excluding hydrogens is 504 g/mol. The third kappa shape index (κ3) is 8.16. The van der Waals surface area contributed by atoms with Gasteiger partial charge in [-0.1, -0.05) is 0 Å². The van der Waals surface area contributed by atoms with Gasteiger partial charge in [0.2, 0.25) is 0 Å². The second-order valence-electron chi connectivity index (χ2n) is 11.9. The summed E-state index contributed by atoms with van der Waals surface area (Å²) in [6.45, 7) is 14.8. The van der Waals surface area contributed by atoms with Crippen LogP contribution in [0.2, 0.25) is 0 Å². The lowest BCUT2D eigenvalue weighted by Gasteiger charge is -2.48. The molecule has 0 radical (unpaired) electrons. The quantitative estimate of drug-likeness (QED) is 0.308. The van der Waals surface area contributed by atoms with Crippen molar-refractivity contribution < 1.29 is 48.3 Å². The minimum absolute atomic E-state index is 0.0474. The SMILES string of the molecule is CC(C)(C)OC(=O)N1CC2(C1)OCCC2N.CC(C)(C)OC(=O)N1CC2(C1)OCCC2N.O=C(O)C(=O)O. The van der Waals surface area contributed by atoms with Gasteiger partial charge in [0.05, 0.1) is 26.2 Å². The first-order valence-electron chi connectivity index (χ1n) is 12.5. The Bertz CT molecular complexity index is 814. The molecule has 4 saturated heterocycles.